The first-order valence-electron chi connectivity index (χ1n) is 8.12. The summed E-state index contributed by atoms with van der Waals surface area (Å²) in [7, 11) is -3.46. The third-order valence-electron chi connectivity index (χ3n) is 3.76. The largest absolute Gasteiger partial charge is 0.494 e. The van der Waals surface area contributed by atoms with Gasteiger partial charge in [-0.15, -0.1) is 0 Å². The highest BCUT2D eigenvalue weighted by atomic mass is 32.2. The van der Waals surface area contributed by atoms with E-state index in [4.69, 9.17) is 4.74 Å². The molecule has 0 aliphatic heterocycles. The number of amides is 1. The Bertz CT molecular complexity index is 859. The first-order chi connectivity index (χ1) is 11.8. The summed E-state index contributed by atoms with van der Waals surface area (Å²) in [4.78, 5) is 12.4. The summed E-state index contributed by atoms with van der Waals surface area (Å²) < 4.78 is 29.2. The summed E-state index contributed by atoms with van der Waals surface area (Å²) >= 11 is 0. The molecule has 0 heterocycles. The number of hydrogen-bond donors (Lipinski definition) is 1. The van der Waals surface area contributed by atoms with E-state index in [2.05, 4.69) is 5.32 Å². The molecule has 0 radical (unpaired) electrons. The van der Waals surface area contributed by atoms with Gasteiger partial charge in [0.1, 0.15) is 5.75 Å². The summed E-state index contributed by atoms with van der Waals surface area (Å²) in [6.07, 6.45) is 2.04. The summed E-state index contributed by atoms with van der Waals surface area (Å²) in [5.41, 5.74) is 2.12. The van der Waals surface area contributed by atoms with Crippen LogP contribution in [0.4, 0.5) is 0 Å². The molecule has 0 unspecified atom stereocenters. The Kier molecular flexibility index (Phi) is 6.20. The van der Waals surface area contributed by atoms with Crippen molar-refractivity contribution in [2.75, 3.05) is 12.9 Å². The standard InChI is InChI=1S/C19H23NO4S/c1-4-11-24-16-10-9-15(14(2)12-16)13-20-19(21)17-7-5-6-8-18(17)25(3,22)23/h5-10,12H,4,11,13H2,1-3H3,(H,20,21). The van der Waals surface area contributed by atoms with Crippen molar-refractivity contribution in [2.24, 2.45) is 0 Å². The maximum atomic E-state index is 12.4. The first-order valence-corrected chi connectivity index (χ1v) is 10.0. The molecule has 134 valence electrons. The summed E-state index contributed by atoms with van der Waals surface area (Å²) in [5, 5.41) is 2.79. The molecule has 25 heavy (non-hydrogen) atoms. The summed E-state index contributed by atoms with van der Waals surface area (Å²) in [6.45, 7) is 4.98. The molecular formula is C19H23NO4S. The average molecular weight is 361 g/mol. The Morgan fingerprint density at radius 1 is 1.16 bits per heavy atom. The predicted molar refractivity (Wildman–Crippen MR) is 97.7 cm³/mol. The fraction of sp³-hybridized carbons (Fsp3) is 0.316. The molecule has 6 heteroatoms. The fourth-order valence-corrected chi connectivity index (χ4v) is 3.31. The van der Waals surface area contributed by atoms with E-state index in [9.17, 15) is 13.2 Å². The molecule has 0 aliphatic carbocycles. The quantitative estimate of drug-likeness (QED) is 0.822. The Morgan fingerprint density at radius 2 is 1.88 bits per heavy atom. The summed E-state index contributed by atoms with van der Waals surface area (Å²) in [5.74, 6) is 0.392. The molecule has 1 N–H and O–H groups in total. The Morgan fingerprint density at radius 3 is 2.52 bits per heavy atom. The van der Waals surface area contributed by atoms with E-state index in [0.29, 0.717) is 13.2 Å². The lowest BCUT2D eigenvalue weighted by Gasteiger charge is -2.12. The molecule has 0 saturated carbocycles. The number of aryl methyl sites for hydroxylation is 1. The van der Waals surface area contributed by atoms with Crippen molar-refractivity contribution >= 4 is 15.7 Å². The zero-order chi connectivity index (χ0) is 18.4. The highest BCUT2D eigenvalue weighted by molar-refractivity contribution is 7.90. The minimum Gasteiger partial charge on any atom is -0.494 e. The van der Waals surface area contributed by atoms with Gasteiger partial charge >= 0.3 is 0 Å². The van der Waals surface area contributed by atoms with Crippen LogP contribution in [0.1, 0.15) is 34.8 Å². The molecule has 0 saturated heterocycles. The van der Waals surface area contributed by atoms with Gasteiger partial charge in [-0.1, -0.05) is 25.1 Å². The molecule has 2 aromatic carbocycles. The van der Waals surface area contributed by atoms with E-state index in [1.54, 1.807) is 12.1 Å². The molecule has 5 nitrogen and oxygen atoms in total. The second-order valence-corrected chi connectivity index (χ2v) is 7.87. The predicted octanol–water partition coefficient (Wildman–Crippen LogP) is 3.12. The average Bonchev–Trinajstić information content (AvgIpc) is 2.58. The van der Waals surface area contributed by atoms with Crippen molar-refractivity contribution in [3.63, 3.8) is 0 Å². The van der Waals surface area contributed by atoms with Crippen LogP contribution in [0.3, 0.4) is 0 Å². The topological polar surface area (TPSA) is 72.5 Å². The molecule has 0 aromatic heterocycles. The SMILES string of the molecule is CCCOc1ccc(CNC(=O)c2ccccc2S(C)(=O)=O)c(C)c1. The molecule has 0 aliphatic rings. The second kappa shape index (κ2) is 8.16. The lowest BCUT2D eigenvalue weighted by molar-refractivity contribution is 0.0947. The van der Waals surface area contributed by atoms with E-state index in [0.717, 1.165) is 29.6 Å². The first kappa shape index (κ1) is 19.0. The minimum atomic E-state index is -3.46. The Labute approximate surface area is 148 Å². The van der Waals surface area contributed by atoms with Gasteiger partial charge in [0, 0.05) is 12.8 Å². The lowest BCUT2D eigenvalue weighted by atomic mass is 10.1. The molecule has 1 amide bonds. The van der Waals surface area contributed by atoms with Crippen LogP contribution >= 0.6 is 0 Å². The number of ether oxygens (including phenoxy) is 1. The monoisotopic (exact) mass is 361 g/mol. The van der Waals surface area contributed by atoms with Crippen molar-refractivity contribution < 1.29 is 17.9 Å². The van der Waals surface area contributed by atoms with Crippen LogP contribution in [0.15, 0.2) is 47.4 Å². The van der Waals surface area contributed by atoms with Gasteiger partial charge in [-0.2, -0.15) is 0 Å². The van der Waals surface area contributed by atoms with Gasteiger partial charge < -0.3 is 10.1 Å². The van der Waals surface area contributed by atoms with Crippen LogP contribution in [-0.4, -0.2) is 27.2 Å². The van der Waals surface area contributed by atoms with Gasteiger partial charge in [0.05, 0.1) is 17.1 Å². The molecular weight excluding hydrogens is 338 g/mol. The Hall–Kier alpha value is -2.34. The van der Waals surface area contributed by atoms with Gasteiger partial charge in [0.15, 0.2) is 9.84 Å². The van der Waals surface area contributed by atoms with Crippen molar-refractivity contribution in [3.8, 4) is 5.75 Å². The van der Waals surface area contributed by atoms with Crippen LogP contribution in [-0.2, 0) is 16.4 Å². The van der Waals surface area contributed by atoms with Gasteiger partial charge in [-0.3, -0.25) is 4.79 Å². The number of carbonyl (C=O) groups is 1. The molecule has 0 spiro atoms. The zero-order valence-corrected chi connectivity index (χ0v) is 15.5. The van der Waals surface area contributed by atoms with E-state index in [1.165, 1.54) is 12.1 Å². The van der Waals surface area contributed by atoms with Crippen LogP contribution < -0.4 is 10.1 Å². The van der Waals surface area contributed by atoms with E-state index in [-0.39, 0.29) is 10.5 Å². The van der Waals surface area contributed by atoms with Crippen LogP contribution in [0.5, 0.6) is 5.75 Å². The van der Waals surface area contributed by atoms with Crippen molar-refractivity contribution in [1.82, 2.24) is 5.32 Å². The highest BCUT2D eigenvalue weighted by Crippen LogP contribution is 2.19. The lowest BCUT2D eigenvalue weighted by Crippen LogP contribution is -2.25. The van der Waals surface area contributed by atoms with Gasteiger partial charge in [-0.25, -0.2) is 8.42 Å². The van der Waals surface area contributed by atoms with Crippen LogP contribution in [0.25, 0.3) is 0 Å². The van der Waals surface area contributed by atoms with E-state index in [1.807, 2.05) is 32.0 Å². The highest BCUT2D eigenvalue weighted by Gasteiger charge is 2.18. The number of benzene rings is 2. The molecule has 2 rings (SSSR count). The minimum absolute atomic E-state index is 0.0348. The smallest absolute Gasteiger partial charge is 0.252 e. The molecule has 0 bridgehead atoms. The number of rotatable bonds is 7. The fourth-order valence-electron chi connectivity index (χ4n) is 2.42. The molecule has 0 atom stereocenters. The number of sulfone groups is 1. The normalized spacial score (nSPS) is 11.2. The maximum Gasteiger partial charge on any atom is 0.252 e. The van der Waals surface area contributed by atoms with Gasteiger partial charge in [0.2, 0.25) is 0 Å². The third-order valence-corrected chi connectivity index (χ3v) is 4.91. The third kappa shape index (κ3) is 5.06. The van der Waals surface area contributed by atoms with Gasteiger partial charge in [-0.05, 0) is 48.7 Å². The molecule has 0 fully saturated rings. The number of nitrogens with one attached hydrogen (secondary N) is 1. The van der Waals surface area contributed by atoms with E-state index < -0.39 is 15.7 Å². The number of hydrogen-bond acceptors (Lipinski definition) is 4. The zero-order valence-electron chi connectivity index (χ0n) is 14.7. The van der Waals surface area contributed by atoms with Crippen LogP contribution in [0, 0.1) is 6.92 Å². The second-order valence-electron chi connectivity index (χ2n) is 5.89. The van der Waals surface area contributed by atoms with Crippen LogP contribution in [0.2, 0.25) is 0 Å². The van der Waals surface area contributed by atoms with Crippen molar-refractivity contribution in [2.45, 2.75) is 31.7 Å². The number of carbonyl (C=O) groups excluding carboxylic acids is 1. The van der Waals surface area contributed by atoms with Crippen molar-refractivity contribution in [1.29, 1.82) is 0 Å². The summed E-state index contributed by atoms with van der Waals surface area (Å²) in [6, 6.07) is 11.9. The molecule has 2 aromatic rings. The van der Waals surface area contributed by atoms with Gasteiger partial charge in [0.25, 0.3) is 5.91 Å². The Balaban J connectivity index is 2.11. The van der Waals surface area contributed by atoms with Crippen molar-refractivity contribution in [3.05, 3.63) is 59.2 Å². The maximum absolute atomic E-state index is 12.4. The van der Waals surface area contributed by atoms with E-state index >= 15 is 0 Å².